The van der Waals surface area contributed by atoms with Gasteiger partial charge >= 0.3 is 0 Å². The first-order valence-electron chi connectivity index (χ1n) is 9.91. The highest BCUT2D eigenvalue weighted by Crippen LogP contribution is 2.19. The lowest BCUT2D eigenvalue weighted by atomic mass is 10.1. The second kappa shape index (κ2) is 7.69. The number of piperidine rings is 1. The standard InChI is InChI=1S/C19H25N7O3/c1-23-14(19(29)26-7-4-3-5-8-26)11-15(22-23)21-17(27)16-13(12-20-24(16)2)18(28)25-9-6-10-25/h11-12H,3-10H2,1-2H3,(H,21,22,27). The van der Waals surface area contributed by atoms with Crippen molar-refractivity contribution in [3.05, 3.63) is 29.2 Å². The van der Waals surface area contributed by atoms with E-state index in [1.807, 2.05) is 4.90 Å². The Morgan fingerprint density at radius 1 is 0.897 bits per heavy atom. The average molecular weight is 399 g/mol. The summed E-state index contributed by atoms with van der Waals surface area (Å²) in [6.45, 7) is 2.86. The number of amides is 3. The van der Waals surface area contributed by atoms with Gasteiger partial charge in [-0.3, -0.25) is 23.7 Å². The topological polar surface area (TPSA) is 105 Å². The predicted molar refractivity (Wildman–Crippen MR) is 105 cm³/mol. The highest BCUT2D eigenvalue weighted by molar-refractivity contribution is 6.11. The molecule has 0 radical (unpaired) electrons. The number of aromatic nitrogens is 4. The molecule has 4 heterocycles. The van der Waals surface area contributed by atoms with Crippen LogP contribution in [0.25, 0.3) is 0 Å². The van der Waals surface area contributed by atoms with Crippen LogP contribution in [0.1, 0.15) is 57.0 Å². The largest absolute Gasteiger partial charge is 0.338 e. The molecule has 0 atom stereocenters. The molecule has 2 aromatic rings. The number of hydrogen-bond acceptors (Lipinski definition) is 5. The van der Waals surface area contributed by atoms with Gasteiger partial charge in [-0.15, -0.1) is 0 Å². The number of nitrogens with one attached hydrogen (secondary N) is 1. The number of rotatable bonds is 4. The van der Waals surface area contributed by atoms with Crippen LogP contribution in [0, 0.1) is 0 Å². The van der Waals surface area contributed by atoms with Crippen molar-refractivity contribution >= 4 is 23.5 Å². The van der Waals surface area contributed by atoms with Crippen molar-refractivity contribution in [3.63, 3.8) is 0 Å². The molecule has 2 aromatic heterocycles. The van der Waals surface area contributed by atoms with Gasteiger partial charge in [0.15, 0.2) is 5.82 Å². The van der Waals surface area contributed by atoms with Gasteiger partial charge in [-0.25, -0.2) is 0 Å². The highest BCUT2D eigenvalue weighted by Gasteiger charge is 2.29. The monoisotopic (exact) mass is 399 g/mol. The minimum atomic E-state index is -0.482. The molecule has 0 aromatic carbocycles. The van der Waals surface area contributed by atoms with Gasteiger partial charge in [-0.2, -0.15) is 10.2 Å². The maximum absolute atomic E-state index is 12.9. The molecule has 2 fully saturated rings. The smallest absolute Gasteiger partial charge is 0.275 e. The normalized spacial score (nSPS) is 16.5. The summed E-state index contributed by atoms with van der Waals surface area (Å²) in [5.41, 5.74) is 0.866. The zero-order chi connectivity index (χ0) is 20.5. The number of hydrogen-bond donors (Lipinski definition) is 1. The number of anilines is 1. The molecule has 10 heteroatoms. The molecule has 29 heavy (non-hydrogen) atoms. The van der Waals surface area contributed by atoms with Gasteiger partial charge in [0, 0.05) is 46.3 Å². The van der Waals surface area contributed by atoms with Crippen LogP contribution >= 0.6 is 0 Å². The van der Waals surface area contributed by atoms with Crippen molar-refractivity contribution in [3.8, 4) is 0 Å². The minimum absolute atomic E-state index is 0.0885. The molecule has 1 N–H and O–H groups in total. The molecule has 0 aliphatic carbocycles. The fourth-order valence-electron chi connectivity index (χ4n) is 3.72. The average Bonchev–Trinajstić information content (AvgIpc) is 3.22. The molecule has 3 amide bonds. The summed E-state index contributed by atoms with van der Waals surface area (Å²) in [5.74, 6) is -0.503. The number of nitrogens with zero attached hydrogens (tertiary/aromatic N) is 6. The van der Waals surface area contributed by atoms with Gasteiger partial charge in [-0.05, 0) is 25.7 Å². The molecule has 2 aliphatic rings. The lowest BCUT2D eigenvalue weighted by Gasteiger charge is -2.30. The van der Waals surface area contributed by atoms with E-state index in [9.17, 15) is 14.4 Å². The summed E-state index contributed by atoms with van der Waals surface area (Å²) < 4.78 is 2.85. The third kappa shape index (κ3) is 3.62. The van der Waals surface area contributed by atoms with Gasteiger partial charge in [-0.1, -0.05) is 0 Å². The van der Waals surface area contributed by atoms with Gasteiger partial charge in [0.05, 0.1) is 11.8 Å². The van der Waals surface area contributed by atoms with E-state index in [0.717, 1.165) is 38.8 Å². The molecule has 10 nitrogen and oxygen atoms in total. The highest BCUT2D eigenvalue weighted by atomic mass is 16.2. The van der Waals surface area contributed by atoms with Crippen LogP contribution in [0.15, 0.2) is 12.3 Å². The van der Waals surface area contributed by atoms with Gasteiger partial charge in [0.1, 0.15) is 11.4 Å². The Kier molecular flexibility index (Phi) is 5.08. The van der Waals surface area contributed by atoms with E-state index in [0.29, 0.717) is 18.8 Å². The summed E-state index contributed by atoms with van der Waals surface area (Å²) in [6.07, 6.45) is 5.53. The summed E-state index contributed by atoms with van der Waals surface area (Å²) in [5, 5.41) is 11.0. The number of carbonyl (C=O) groups is 3. The van der Waals surface area contributed by atoms with Crippen LogP contribution in [0.3, 0.4) is 0 Å². The van der Waals surface area contributed by atoms with Crippen molar-refractivity contribution in [2.45, 2.75) is 25.7 Å². The molecule has 0 bridgehead atoms. The summed E-state index contributed by atoms with van der Waals surface area (Å²) in [4.78, 5) is 41.7. The minimum Gasteiger partial charge on any atom is -0.338 e. The Bertz CT molecular complexity index is 951. The van der Waals surface area contributed by atoms with Crippen LogP contribution < -0.4 is 5.32 Å². The van der Waals surface area contributed by atoms with Crippen LogP contribution in [-0.2, 0) is 14.1 Å². The maximum Gasteiger partial charge on any atom is 0.275 e. The Morgan fingerprint density at radius 3 is 2.21 bits per heavy atom. The Balaban J connectivity index is 1.51. The molecule has 0 saturated carbocycles. The van der Waals surface area contributed by atoms with Crippen LogP contribution in [0.5, 0.6) is 0 Å². The number of carbonyl (C=O) groups excluding carboxylic acids is 3. The quantitative estimate of drug-likeness (QED) is 0.822. The molecule has 2 saturated heterocycles. The van der Waals surface area contributed by atoms with Crippen LogP contribution in [0.2, 0.25) is 0 Å². The summed E-state index contributed by atoms with van der Waals surface area (Å²) in [6, 6.07) is 1.57. The van der Waals surface area contributed by atoms with Crippen LogP contribution in [0.4, 0.5) is 5.82 Å². The Hall–Kier alpha value is -3.17. The predicted octanol–water partition coefficient (Wildman–Crippen LogP) is 0.878. The van der Waals surface area contributed by atoms with Crippen molar-refractivity contribution in [2.24, 2.45) is 14.1 Å². The van der Waals surface area contributed by atoms with Crippen molar-refractivity contribution in [1.82, 2.24) is 29.4 Å². The Morgan fingerprint density at radius 2 is 1.55 bits per heavy atom. The van der Waals surface area contributed by atoms with Gasteiger partial charge in [0.2, 0.25) is 0 Å². The Labute approximate surface area is 168 Å². The van der Waals surface area contributed by atoms with Crippen molar-refractivity contribution < 1.29 is 14.4 Å². The molecule has 154 valence electrons. The lowest BCUT2D eigenvalue weighted by Crippen LogP contribution is -2.42. The van der Waals surface area contributed by atoms with E-state index < -0.39 is 5.91 Å². The van der Waals surface area contributed by atoms with E-state index in [-0.39, 0.29) is 28.9 Å². The molecular weight excluding hydrogens is 374 g/mol. The first-order valence-corrected chi connectivity index (χ1v) is 9.91. The maximum atomic E-state index is 12.9. The number of likely N-dealkylation sites (tertiary alicyclic amines) is 2. The van der Waals surface area contributed by atoms with E-state index in [1.165, 1.54) is 15.6 Å². The third-order valence-electron chi connectivity index (χ3n) is 5.51. The van der Waals surface area contributed by atoms with Crippen molar-refractivity contribution in [1.29, 1.82) is 0 Å². The fourth-order valence-corrected chi connectivity index (χ4v) is 3.72. The zero-order valence-electron chi connectivity index (χ0n) is 16.7. The third-order valence-corrected chi connectivity index (χ3v) is 5.51. The van der Waals surface area contributed by atoms with Crippen molar-refractivity contribution in [2.75, 3.05) is 31.5 Å². The zero-order valence-corrected chi connectivity index (χ0v) is 16.7. The van der Waals surface area contributed by atoms with E-state index in [1.54, 1.807) is 25.1 Å². The van der Waals surface area contributed by atoms with E-state index in [4.69, 9.17) is 0 Å². The fraction of sp³-hybridized carbons (Fsp3) is 0.526. The van der Waals surface area contributed by atoms with Gasteiger partial charge in [0.25, 0.3) is 17.7 Å². The summed E-state index contributed by atoms with van der Waals surface area (Å²) in [7, 11) is 3.29. The molecule has 4 rings (SSSR count). The molecular formula is C19H25N7O3. The second-order valence-electron chi connectivity index (χ2n) is 7.52. The molecule has 0 spiro atoms. The first-order chi connectivity index (χ1) is 14.0. The van der Waals surface area contributed by atoms with Gasteiger partial charge < -0.3 is 15.1 Å². The SMILES string of the molecule is Cn1nc(NC(=O)c2c(C(=O)N3CCC3)cnn2C)cc1C(=O)N1CCCCC1. The van der Waals surface area contributed by atoms with Crippen LogP contribution in [-0.4, -0.2) is 73.3 Å². The first kappa shape index (κ1) is 19.2. The van der Waals surface area contributed by atoms with E-state index in [2.05, 4.69) is 15.5 Å². The summed E-state index contributed by atoms with van der Waals surface area (Å²) >= 11 is 0. The lowest BCUT2D eigenvalue weighted by molar-refractivity contribution is 0.0647. The molecule has 2 aliphatic heterocycles. The number of aryl methyl sites for hydroxylation is 2. The molecule has 0 unspecified atom stereocenters. The van der Waals surface area contributed by atoms with E-state index >= 15 is 0 Å². The second-order valence-corrected chi connectivity index (χ2v) is 7.52.